The molecule has 1 atom stereocenters. The molecule has 1 aliphatic rings. The highest BCUT2D eigenvalue weighted by atomic mass is 16.5. The third-order valence-electron chi connectivity index (χ3n) is 4.24. The first kappa shape index (κ1) is 15.0. The summed E-state index contributed by atoms with van der Waals surface area (Å²) in [6.45, 7) is 4.57. The SMILES string of the molecule is CCCN1CCCC[C@@H]1c1cccnc1Oc1ccccc1. The van der Waals surface area contributed by atoms with Gasteiger partial charge in [-0.3, -0.25) is 4.90 Å². The Morgan fingerprint density at radius 2 is 2.00 bits per heavy atom. The number of ether oxygens (including phenoxy) is 1. The van der Waals surface area contributed by atoms with Gasteiger partial charge in [0.2, 0.25) is 5.88 Å². The number of piperidine rings is 1. The average molecular weight is 296 g/mol. The van der Waals surface area contributed by atoms with E-state index in [0.29, 0.717) is 6.04 Å². The molecular weight excluding hydrogens is 272 g/mol. The van der Waals surface area contributed by atoms with Gasteiger partial charge in [-0.05, 0) is 50.6 Å². The molecule has 0 spiro atoms. The molecule has 3 heteroatoms. The van der Waals surface area contributed by atoms with Gasteiger partial charge in [-0.25, -0.2) is 4.98 Å². The van der Waals surface area contributed by atoms with E-state index >= 15 is 0 Å². The number of pyridine rings is 1. The molecule has 2 heterocycles. The number of hydrogen-bond acceptors (Lipinski definition) is 3. The van der Waals surface area contributed by atoms with Gasteiger partial charge in [0.15, 0.2) is 0 Å². The van der Waals surface area contributed by atoms with Gasteiger partial charge >= 0.3 is 0 Å². The summed E-state index contributed by atoms with van der Waals surface area (Å²) in [5, 5.41) is 0. The Hall–Kier alpha value is -1.87. The maximum absolute atomic E-state index is 6.05. The van der Waals surface area contributed by atoms with E-state index in [4.69, 9.17) is 4.74 Å². The molecule has 0 saturated carbocycles. The first-order valence-corrected chi connectivity index (χ1v) is 8.30. The molecule has 3 nitrogen and oxygen atoms in total. The summed E-state index contributed by atoms with van der Waals surface area (Å²) in [4.78, 5) is 7.08. The Morgan fingerprint density at radius 3 is 2.82 bits per heavy atom. The second-order valence-electron chi connectivity index (χ2n) is 5.86. The van der Waals surface area contributed by atoms with E-state index in [1.807, 2.05) is 42.6 Å². The van der Waals surface area contributed by atoms with Crippen molar-refractivity contribution < 1.29 is 4.74 Å². The lowest BCUT2D eigenvalue weighted by molar-refractivity contribution is 0.146. The predicted octanol–water partition coefficient (Wildman–Crippen LogP) is 4.81. The predicted molar refractivity (Wildman–Crippen MR) is 89.2 cm³/mol. The number of nitrogens with zero attached hydrogens (tertiary/aromatic N) is 2. The molecule has 1 aromatic carbocycles. The molecule has 1 saturated heterocycles. The van der Waals surface area contributed by atoms with E-state index < -0.39 is 0 Å². The van der Waals surface area contributed by atoms with Crippen molar-refractivity contribution in [2.45, 2.75) is 38.6 Å². The summed E-state index contributed by atoms with van der Waals surface area (Å²) in [5.41, 5.74) is 1.22. The van der Waals surface area contributed by atoms with Gasteiger partial charge in [0.1, 0.15) is 5.75 Å². The maximum Gasteiger partial charge on any atom is 0.223 e. The fourth-order valence-electron chi connectivity index (χ4n) is 3.24. The summed E-state index contributed by atoms with van der Waals surface area (Å²) >= 11 is 0. The molecule has 0 aliphatic carbocycles. The standard InChI is InChI=1S/C19H24N2O/c1-2-14-21-15-7-6-12-18(21)17-11-8-13-20-19(17)22-16-9-4-3-5-10-16/h3-5,8-11,13,18H,2,6-7,12,14-15H2,1H3/t18-/m1/s1. The number of hydrogen-bond donors (Lipinski definition) is 0. The Morgan fingerprint density at radius 1 is 1.14 bits per heavy atom. The van der Waals surface area contributed by atoms with Crippen LogP contribution in [0.3, 0.4) is 0 Å². The van der Waals surface area contributed by atoms with Gasteiger partial charge in [0.05, 0.1) is 0 Å². The Balaban J connectivity index is 1.86. The van der Waals surface area contributed by atoms with Crippen molar-refractivity contribution in [3.05, 3.63) is 54.2 Å². The minimum atomic E-state index is 0.432. The molecule has 2 aromatic rings. The second-order valence-corrected chi connectivity index (χ2v) is 5.86. The molecule has 116 valence electrons. The van der Waals surface area contributed by atoms with E-state index in [-0.39, 0.29) is 0 Å². The Bertz CT molecular complexity index is 583. The third kappa shape index (κ3) is 3.47. The van der Waals surface area contributed by atoms with Crippen LogP contribution >= 0.6 is 0 Å². The van der Waals surface area contributed by atoms with Crippen LogP contribution in [-0.2, 0) is 0 Å². The topological polar surface area (TPSA) is 25.4 Å². The van der Waals surface area contributed by atoms with E-state index in [9.17, 15) is 0 Å². The second kappa shape index (κ2) is 7.41. The molecule has 0 amide bonds. The van der Waals surface area contributed by atoms with Crippen LogP contribution in [0.2, 0.25) is 0 Å². The molecule has 0 radical (unpaired) electrons. The minimum absolute atomic E-state index is 0.432. The molecular formula is C19H24N2O. The van der Waals surface area contributed by atoms with E-state index in [1.54, 1.807) is 0 Å². The normalized spacial score (nSPS) is 19.0. The zero-order valence-corrected chi connectivity index (χ0v) is 13.2. The molecule has 0 bridgehead atoms. The largest absolute Gasteiger partial charge is 0.439 e. The van der Waals surface area contributed by atoms with Crippen LogP contribution < -0.4 is 4.74 Å². The summed E-state index contributed by atoms with van der Waals surface area (Å²) in [7, 11) is 0. The maximum atomic E-state index is 6.05. The van der Waals surface area contributed by atoms with E-state index in [1.165, 1.54) is 37.8 Å². The van der Waals surface area contributed by atoms with E-state index in [2.05, 4.69) is 22.9 Å². The van der Waals surface area contributed by atoms with Crippen molar-refractivity contribution >= 4 is 0 Å². The molecule has 1 fully saturated rings. The molecule has 0 unspecified atom stereocenters. The molecule has 22 heavy (non-hydrogen) atoms. The molecule has 1 aromatic heterocycles. The minimum Gasteiger partial charge on any atom is -0.439 e. The van der Waals surface area contributed by atoms with Gasteiger partial charge in [-0.2, -0.15) is 0 Å². The summed E-state index contributed by atoms with van der Waals surface area (Å²) in [6.07, 6.45) is 6.77. The van der Waals surface area contributed by atoms with Crippen LogP contribution in [0.25, 0.3) is 0 Å². The lowest BCUT2D eigenvalue weighted by atomic mass is 9.95. The van der Waals surface area contributed by atoms with Crippen molar-refractivity contribution in [3.63, 3.8) is 0 Å². The first-order valence-electron chi connectivity index (χ1n) is 8.30. The van der Waals surface area contributed by atoms with Gasteiger partial charge < -0.3 is 4.74 Å². The van der Waals surface area contributed by atoms with Gasteiger partial charge in [0, 0.05) is 17.8 Å². The summed E-state index contributed by atoms with van der Waals surface area (Å²) in [5.74, 6) is 1.60. The van der Waals surface area contributed by atoms with Crippen LogP contribution in [0.4, 0.5) is 0 Å². The summed E-state index contributed by atoms with van der Waals surface area (Å²) in [6, 6.07) is 14.5. The number of aromatic nitrogens is 1. The quantitative estimate of drug-likeness (QED) is 0.791. The fourth-order valence-corrected chi connectivity index (χ4v) is 3.24. The van der Waals surface area contributed by atoms with Crippen molar-refractivity contribution in [2.24, 2.45) is 0 Å². The zero-order valence-electron chi connectivity index (χ0n) is 13.2. The molecule has 1 aliphatic heterocycles. The number of benzene rings is 1. The highest BCUT2D eigenvalue weighted by Crippen LogP contribution is 2.36. The smallest absolute Gasteiger partial charge is 0.223 e. The zero-order chi connectivity index (χ0) is 15.2. The Kier molecular flexibility index (Phi) is 5.07. The molecule has 3 rings (SSSR count). The van der Waals surface area contributed by atoms with Crippen molar-refractivity contribution in [1.82, 2.24) is 9.88 Å². The van der Waals surface area contributed by atoms with Crippen molar-refractivity contribution in [2.75, 3.05) is 13.1 Å². The van der Waals surface area contributed by atoms with E-state index in [0.717, 1.165) is 18.2 Å². The monoisotopic (exact) mass is 296 g/mol. The average Bonchev–Trinajstić information content (AvgIpc) is 2.57. The highest BCUT2D eigenvalue weighted by Gasteiger charge is 2.26. The van der Waals surface area contributed by atoms with Gasteiger partial charge in [-0.1, -0.05) is 37.6 Å². The van der Waals surface area contributed by atoms with Crippen LogP contribution in [0, 0.1) is 0 Å². The number of rotatable bonds is 5. The highest BCUT2D eigenvalue weighted by molar-refractivity contribution is 5.34. The fraction of sp³-hybridized carbons (Fsp3) is 0.421. The first-order chi connectivity index (χ1) is 10.9. The third-order valence-corrected chi connectivity index (χ3v) is 4.24. The molecule has 0 N–H and O–H groups in total. The lowest BCUT2D eigenvalue weighted by Gasteiger charge is -2.36. The summed E-state index contributed by atoms with van der Waals surface area (Å²) < 4.78 is 6.05. The van der Waals surface area contributed by atoms with Crippen molar-refractivity contribution in [3.8, 4) is 11.6 Å². The lowest BCUT2D eigenvalue weighted by Crippen LogP contribution is -2.34. The van der Waals surface area contributed by atoms with Crippen LogP contribution in [0.15, 0.2) is 48.7 Å². The Labute approximate surface area is 132 Å². The number of para-hydroxylation sites is 1. The van der Waals surface area contributed by atoms with Crippen molar-refractivity contribution in [1.29, 1.82) is 0 Å². The van der Waals surface area contributed by atoms with Gasteiger partial charge in [0.25, 0.3) is 0 Å². The number of likely N-dealkylation sites (tertiary alicyclic amines) is 1. The van der Waals surface area contributed by atoms with Crippen LogP contribution in [0.1, 0.15) is 44.2 Å². The van der Waals surface area contributed by atoms with Gasteiger partial charge in [-0.15, -0.1) is 0 Å². The van der Waals surface area contributed by atoms with Crippen LogP contribution in [-0.4, -0.2) is 23.0 Å². The van der Waals surface area contributed by atoms with Crippen LogP contribution in [0.5, 0.6) is 11.6 Å².